The second kappa shape index (κ2) is 7.40. The summed E-state index contributed by atoms with van der Waals surface area (Å²) < 4.78 is 0.137. The van der Waals surface area contributed by atoms with Gasteiger partial charge in [0.15, 0.2) is 5.78 Å². The minimum Gasteiger partial charge on any atom is -0.289 e. The van der Waals surface area contributed by atoms with E-state index in [1.165, 1.54) is 10.5 Å². The summed E-state index contributed by atoms with van der Waals surface area (Å²) in [6.07, 6.45) is 3.64. The normalized spacial score (nSPS) is 11.9. The molecule has 0 N–H and O–H groups in total. The number of hydrogen-bond acceptors (Lipinski definition) is 2. The monoisotopic (exact) mass is 338 g/mol. The van der Waals surface area contributed by atoms with Crippen LogP contribution in [0.25, 0.3) is 6.08 Å². The molecule has 0 aromatic heterocycles. The van der Waals surface area contributed by atoms with Crippen molar-refractivity contribution in [1.29, 1.82) is 0 Å². The molecule has 126 valence electrons. The number of carbonyl (C=O) groups is 1. The van der Waals surface area contributed by atoms with Crippen LogP contribution in [0.15, 0.2) is 47.4 Å². The zero-order valence-electron chi connectivity index (χ0n) is 15.4. The fourth-order valence-corrected chi connectivity index (χ4v) is 3.92. The van der Waals surface area contributed by atoms with E-state index in [2.05, 4.69) is 52.0 Å². The highest BCUT2D eigenvalue weighted by Gasteiger charge is 2.14. The quantitative estimate of drug-likeness (QED) is 0.364. The van der Waals surface area contributed by atoms with Gasteiger partial charge in [0.25, 0.3) is 0 Å². The number of carbonyl (C=O) groups excluding carboxylic acids is 1. The molecule has 1 nitrogen and oxygen atoms in total. The molecular weight excluding hydrogens is 312 g/mol. The summed E-state index contributed by atoms with van der Waals surface area (Å²) >= 11 is 1.82. The molecule has 0 saturated carbocycles. The SMILES string of the molecule is Cc1cc(C)c(C(=O)/C=C\c2ccccc2SC(C)(C)C)c(C)c1. The topological polar surface area (TPSA) is 17.1 Å². The largest absolute Gasteiger partial charge is 0.289 e. The minimum absolute atomic E-state index is 0.0700. The third-order valence-corrected chi connectivity index (χ3v) is 4.88. The number of benzene rings is 2. The van der Waals surface area contributed by atoms with E-state index >= 15 is 0 Å². The van der Waals surface area contributed by atoms with Gasteiger partial charge >= 0.3 is 0 Å². The molecule has 0 heterocycles. The molecule has 2 rings (SSSR count). The number of rotatable bonds is 4. The third-order valence-electron chi connectivity index (χ3n) is 3.67. The lowest BCUT2D eigenvalue weighted by molar-refractivity contribution is 0.104. The van der Waals surface area contributed by atoms with E-state index in [9.17, 15) is 4.79 Å². The summed E-state index contributed by atoms with van der Waals surface area (Å²) in [4.78, 5) is 13.9. The Morgan fingerprint density at radius 3 is 2.17 bits per heavy atom. The summed E-state index contributed by atoms with van der Waals surface area (Å²) in [6.45, 7) is 12.7. The molecule has 0 atom stereocenters. The van der Waals surface area contributed by atoms with Gasteiger partial charge in [-0.1, -0.05) is 56.7 Å². The molecule has 0 spiro atoms. The highest BCUT2D eigenvalue weighted by Crippen LogP contribution is 2.34. The molecule has 2 aromatic rings. The second-order valence-corrected chi connectivity index (χ2v) is 9.09. The van der Waals surface area contributed by atoms with Gasteiger partial charge in [0, 0.05) is 15.2 Å². The van der Waals surface area contributed by atoms with Crippen LogP contribution in [0, 0.1) is 20.8 Å². The Labute approximate surface area is 150 Å². The molecule has 2 aromatic carbocycles. The first-order valence-corrected chi connectivity index (χ1v) is 9.07. The average Bonchev–Trinajstić information content (AvgIpc) is 2.43. The molecule has 0 amide bonds. The van der Waals surface area contributed by atoms with Crippen molar-refractivity contribution < 1.29 is 4.79 Å². The lowest BCUT2D eigenvalue weighted by Gasteiger charge is -2.18. The van der Waals surface area contributed by atoms with E-state index in [-0.39, 0.29) is 10.5 Å². The Morgan fingerprint density at radius 2 is 1.58 bits per heavy atom. The Kier molecular flexibility index (Phi) is 5.71. The molecule has 0 aliphatic heterocycles. The van der Waals surface area contributed by atoms with Crippen LogP contribution in [0.2, 0.25) is 0 Å². The van der Waals surface area contributed by atoms with Crippen LogP contribution in [-0.2, 0) is 0 Å². The smallest absolute Gasteiger partial charge is 0.186 e. The van der Waals surface area contributed by atoms with Crippen LogP contribution < -0.4 is 0 Å². The minimum atomic E-state index is 0.0700. The van der Waals surface area contributed by atoms with E-state index in [1.807, 2.05) is 43.8 Å². The van der Waals surface area contributed by atoms with Crippen molar-refractivity contribution in [1.82, 2.24) is 0 Å². The second-order valence-electron chi connectivity index (χ2n) is 7.22. The fourth-order valence-electron chi connectivity index (χ4n) is 2.86. The van der Waals surface area contributed by atoms with Crippen LogP contribution in [-0.4, -0.2) is 10.5 Å². The van der Waals surface area contributed by atoms with Gasteiger partial charge < -0.3 is 0 Å². The van der Waals surface area contributed by atoms with Gasteiger partial charge in [-0.2, -0.15) is 0 Å². The van der Waals surface area contributed by atoms with Crippen molar-refractivity contribution in [3.8, 4) is 0 Å². The molecule has 0 aliphatic carbocycles. The number of hydrogen-bond donors (Lipinski definition) is 0. The summed E-state index contributed by atoms with van der Waals surface area (Å²) in [6, 6.07) is 12.4. The summed E-state index contributed by atoms with van der Waals surface area (Å²) in [5.41, 5.74) is 5.18. The van der Waals surface area contributed by atoms with E-state index in [4.69, 9.17) is 0 Å². The third kappa shape index (κ3) is 4.85. The zero-order chi connectivity index (χ0) is 17.9. The van der Waals surface area contributed by atoms with Gasteiger partial charge in [0.1, 0.15) is 0 Å². The Morgan fingerprint density at radius 1 is 1.00 bits per heavy atom. The summed E-state index contributed by atoms with van der Waals surface area (Å²) in [5.74, 6) is 0.0700. The Hall–Kier alpha value is -1.80. The maximum Gasteiger partial charge on any atom is 0.186 e. The highest BCUT2D eigenvalue weighted by atomic mass is 32.2. The lowest BCUT2D eigenvalue weighted by atomic mass is 9.96. The van der Waals surface area contributed by atoms with E-state index in [0.717, 1.165) is 22.3 Å². The van der Waals surface area contributed by atoms with Gasteiger partial charge in [-0.15, -0.1) is 11.8 Å². The van der Waals surface area contributed by atoms with Crippen molar-refractivity contribution in [3.63, 3.8) is 0 Å². The van der Waals surface area contributed by atoms with Crippen molar-refractivity contribution in [2.24, 2.45) is 0 Å². The average molecular weight is 339 g/mol. The summed E-state index contributed by atoms with van der Waals surface area (Å²) in [5, 5.41) is 0. The highest BCUT2D eigenvalue weighted by molar-refractivity contribution is 8.00. The number of allylic oxidation sites excluding steroid dienone is 1. The first kappa shape index (κ1) is 18.5. The Bertz CT molecular complexity index is 756. The van der Waals surface area contributed by atoms with Crippen LogP contribution in [0.4, 0.5) is 0 Å². The van der Waals surface area contributed by atoms with E-state index < -0.39 is 0 Å². The van der Waals surface area contributed by atoms with Gasteiger partial charge in [-0.3, -0.25) is 4.79 Å². The number of thioether (sulfide) groups is 1. The molecule has 0 bridgehead atoms. The maximum absolute atomic E-state index is 12.7. The zero-order valence-corrected chi connectivity index (χ0v) is 16.3. The van der Waals surface area contributed by atoms with Gasteiger partial charge in [0.05, 0.1) is 0 Å². The van der Waals surface area contributed by atoms with Crippen LogP contribution in [0.5, 0.6) is 0 Å². The molecule has 0 radical (unpaired) electrons. The molecular formula is C22H26OS. The standard InChI is InChI=1S/C22H26OS/c1-15-13-16(2)21(17(3)14-15)19(23)12-11-18-9-7-8-10-20(18)24-22(4,5)6/h7-14H,1-6H3/b12-11-. The lowest BCUT2D eigenvalue weighted by Crippen LogP contribution is -2.07. The molecule has 24 heavy (non-hydrogen) atoms. The first-order valence-electron chi connectivity index (χ1n) is 8.26. The van der Waals surface area contributed by atoms with Gasteiger partial charge in [-0.05, 0) is 55.7 Å². The molecule has 0 saturated heterocycles. The predicted octanol–water partition coefficient (Wildman–Crippen LogP) is 6.40. The van der Waals surface area contributed by atoms with E-state index in [1.54, 1.807) is 6.08 Å². The van der Waals surface area contributed by atoms with Crippen LogP contribution in [0.3, 0.4) is 0 Å². The number of ketones is 1. The van der Waals surface area contributed by atoms with Crippen LogP contribution in [0.1, 0.15) is 53.4 Å². The maximum atomic E-state index is 12.7. The van der Waals surface area contributed by atoms with Crippen molar-refractivity contribution >= 4 is 23.6 Å². The molecule has 0 fully saturated rings. The molecule has 0 aliphatic rings. The number of aryl methyl sites for hydroxylation is 3. The molecule has 2 heteroatoms. The fraction of sp³-hybridized carbons (Fsp3) is 0.318. The molecule has 0 unspecified atom stereocenters. The van der Waals surface area contributed by atoms with E-state index in [0.29, 0.717) is 0 Å². The van der Waals surface area contributed by atoms with Crippen molar-refractivity contribution in [2.75, 3.05) is 0 Å². The first-order chi connectivity index (χ1) is 11.2. The van der Waals surface area contributed by atoms with Crippen LogP contribution >= 0.6 is 11.8 Å². The van der Waals surface area contributed by atoms with Crippen molar-refractivity contribution in [2.45, 2.75) is 51.2 Å². The Balaban J connectivity index is 2.31. The van der Waals surface area contributed by atoms with Gasteiger partial charge in [-0.25, -0.2) is 0 Å². The summed E-state index contributed by atoms with van der Waals surface area (Å²) in [7, 11) is 0. The predicted molar refractivity (Wildman–Crippen MR) is 106 cm³/mol. The van der Waals surface area contributed by atoms with Crippen molar-refractivity contribution in [3.05, 3.63) is 70.3 Å². The van der Waals surface area contributed by atoms with Gasteiger partial charge in [0.2, 0.25) is 0 Å².